The smallest absolute Gasteiger partial charge is 0.251 e. The molecule has 1 aromatic carbocycles. The summed E-state index contributed by atoms with van der Waals surface area (Å²) in [5.41, 5.74) is 1.19. The lowest BCUT2D eigenvalue weighted by atomic mass is 9.77. The summed E-state index contributed by atoms with van der Waals surface area (Å²) >= 11 is 0. The molecule has 0 radical (unpaired) electrons. The van der Waals surface area contributed by atoms with E-state index < -0.39 is 11.4 Å². The minimum Gasteiger partial charge on any atom is -0.390 e. The standard InChI is InChI=1S/C22H25FN4O2/c1-22(2,29)14-4-6-15(7-5-14)26-21(28)13-3-8-16(18(23)11-13)20-17-12-25-27-19(17)9-10-24-20/h3,8-12,14-15,29H,4-7H2,1-2H3,(H,25,27)(H,26,28). The van der Waals surface area contributed by atoms with Crippen LogP contribution >= 0.6 is 0 Å². The van der Waals surface area contributed by atoms with Gasteiger partial charge in [-0.25, -0.2) is 4.39 Å². The van der Waals surface area contributed by atoms with Crippen LogP contribution in [0.2, 0.25) is 0 Å². The largest absolute Gasteiger partial charge is 0.390 e. The monoisotopic (exact) mass is 396 g/mol. The number of carbonyl (C=O) groups is 1. The zero-order chi connectivity index (χ0) is 20.6. The highest BCUT2D eigenvalue weighted by Crippen LogP contribution is 2.33. The molecule has 0 bridgehead atoms. The molecule has 29 heavy (non-hydrogen) atoms. The molecule has 6 nitrogen and oxygen atoms in total. The van der Waals surface area contributed by atoms with Crippen LogP contribution in [0.25, 0.3) is 22.2 Å². The normalized spacial score (nSPS) is 20.0. The van der Waals surface area contributed by atoms with Crippen LogP contribution in [-0.4, -0.2) is 37.8 Å². The van der Waals surface area contributed by atoms with E-state index in [-0.39, 0.29) is 23.4 Å². The number of rotatable bonds is 4. The van der Waals surface area contributed by atoms with Crippen LogP contribution in [0.15, 0.2) is 36.7 Å². The fourth-order valence-corrected chi connectivity index (χ4v) is 4.14. The summed E-state index contributed by atoms with van der Waals surface area (Å²) in [5.74, 6) is -0.535. The minimum absolute atomic E-state index is 0.0465. The van der Waals surface area contributed by atoms with Gasteiger partial charge in [-0.2, -0.15) is 5.10 Å². The van der Waals surface area contributed by atoms with E-state index in [2.05, 4.69) is 20.5 Å². The first kappa shape index (κ1) is 19.5. The predicted octanol–water partition coefficient (Wildman–Crippen LogP) is 3.82. The number of carbonyl (C=O) groups excluding carboxylic acids is 1. The number of aromatic nitrogens is 3. The molecule has 0 atom stereocenters. The third-order valence-electron chi connectivity index (χ3n) is 5.92. The molecule has 1 saturated carbocycles. The Labute approximate surface area is 168 Å². The van der Waals surface area contributed by atoms with E-state index in [4.69, 9.17) is 0 Å². The highest BCUT2D eigenvalue weighted by Gasteiger charge is 2.31. The van der Waals surface area contributed by atoms with Gasteiger partial charge in [-0.1, -0.05) is 0 Å². The molecule has 3 aromatic rings. The Balaban J connectivity index is 1.47. The van der Waals surface area contributed by atoms with Crippen molar-refractivity contribution in [3.8, 4) is 11.3 Å². The van der Waals surface area contributed by atoms with Gasteiger partial charge >= 0.3 is 0 Å². The lowest BCUT2D eigenvalue weighted by Gasteiger charge is -2.36. The van der Waals surface area contributed by atoms with Gasteiger partial charge in [0.15, 0.2) is 0 Å². The fourth-order valence-electron chi connectivity index (χ4n) is 4.14. The van der Waals surface area contributed by atoms with Crippen molar-refractivity contribution in [1.29, 1.82) is 0 Å². The molecule has 1 fully saturated rings. The van der Waals surface area contributed by atoms with Gasteiger partial charge in [0, 0.05) is 28.8 Å². The number of nitrogens with zero attached hydrogens (tertiary/aromatic N) is 2. The van der Waals surface area contributed by atoms with Crippen LogP contribution in [0, 0.1) is 11.7 Å². The maximum atomic E-state index is 14.8. The topological polar surface area (TPSA) is 90.9 Å². The van der Waals surface area contributed by atoms with Crippen molar-refractivity contribution in [1.82, 2.24) is 20.5 Å². The van der Waals surface area contributed by atoms with Gasteiger partial charge in [-0.3, -0.25) is 14.9 Å². The number of amides is 1. The summed E-state index contributed by atoms with van der Waals surface area (Å²) in [7, 11) is 0. The Kier molecular flexibility index (Phi) is 5.08. The van der Waals surface area contributed by atoms with Crippen molar-refractivity contribution in [2.24, 2.45) is 5.92 Å². The number of benzene rings is 1. The second-order valence-electron chi connectivity index (χ2n) is 8.36. The van der Waals surface area contributed by atoms with Crippen LogP contribution in [0.3, 0.4) is 0 Å². The van der Waals surface area contributed by atoms with E-state index >= 15 is 0 Å². The van der Waals surface area contributed by atoms with E-state index in [0.29, 0.717) is 11.3 Å². The Morgan fingerprint density at radius 3 is 2.69 bits per heavy atom. The van der Waals surface area contributed by atoms with Crippen molar-refractivity contribution in [2.45, 2.75) is 51.2 Å². The fraction of sp³-hybridized carbons (Fsp3) is 0.409. The Bertz CT molecular complexity index is 1030. The third kappa shape index (κ3) is 4.00. The average Bonchev–Trinajstić information content (AvgIpc) is 3.16. The highest BCUT2D eigenvalue weighted by atomic mass is 19.1. The van der Waals surface area contributed by atoms with Crippen molar-refractivity contribution >= 4 is 16.8 Å². The molecule has 0 spiro atoms. The number of H-pyrrole nitrogens is 1. The number of nitrogens with one attached hydrogen (secondary N) is 2. The molecule has 3 N–H and O–H groups in total. The second-order valence-corrected chi connectivity index (χ2v) is 8.36. The summed E-state index contributed by atoms with van der Waals surface area (Å²) in [6.45, 7) is 3.67. The van der Waals surface area contributed by atoms with Gasteiger partial charge in [0.25, 0.3) is 5.91 Å². The maximum absolute atomic E-state index is 14.8. The number of hydrogen-bond acceptors (Lipinski definition) is 4. The van der Waals surface area contributed by atoms with E-state index in [1.807, 2.05) is 13.8 Å². The number of pyridine rings is 1. The Morgan fingerprint density at radius 1 is 1.24 bits per heavy atom. The lowest BCUT2D eigenvalue weighted by Crippen LogP contribution is -2.41. The predicted molar refractivity (Wildman–Crippen MR) is 109 cm³/mol. The van der Waals surface area contributed by atoms with Crippen molar-refractivity contribution in [3.05, 3.63) is 48.0 Å². The molecule has 0 aliphatic heterocycles. The van der Waals surface area contributed by atoms with Crippen molar-refractivity contribution in [3.63, 3.8) is 0 Å². The van der Waals surface area contributed by atoms with Gasteiger partial charge in [0.05, 0.1) is 23.0 Å². The quantitative estimate of drug-likeness (QED) is 0.625. The third-order valence-corrected chi connectivity index (χ3v) is 5.92. The zero-order valence-corrected chi connectivity index (χ0v) is 16.6. The Morgan fingerprint density at radius 2 is 2.00 bits per heavy atom. The summed E-state index contributed by atoms with van der Waals surface area (Å²) in [6.07, 6.45) is 6.56. The number of aliphatic hydroxyl groups is 1. The van der Waals surface area contributed by atoms with E-state index in [9.17, 15) is 14.3 Å². The minimum atomic E-state index is -0.695. The number of halogens is 1. The first-order valence-corrected chi connectivity index (χ1v) is 9.94. The highest BCUT2D eigenvalue weighted by molar-refractivity contribution is 5.96. The van der Waals surface area contributed by atoms with E-state index in [1.165, 1.54) is 6.07 Å². The maximum Gasteiger partial charge on any atom is 0.251 e. The molecule has 2 heterocycles. The number of fused-ring (bicyclic) bond motifs is 1. The molecular weight excluding hydrogens is 371 g/mol. The van der Waals surface area contributed by atoms with Crippen LogP contribution in [0.4, 0.5) is 4.39 Å². The van der Waals surface area contributed by atoms with Gasteiger partial charge < -0.3 is 10.4 Å². The molecule has 2 aromatic heterocycles. The van der Waals surface area contributed by atoms with Gasteiger partial charge in [0.1, 0.15) is 5.82 Å². The molecule has 4 rings (SSSR count). The first-order chi connectivity index (χ1) is 13.8. The molecular formula is C22H25FN4O2. The average molecular weight is 396 g/mol. The summed E-state index contributed by atoms with van der Waals surface area (Å²) in [4.78, 5) is 16.9. The van der Waals surface area contributed by atoms with Gasteiger partial charge in [-0.15, -0.1) is 0 Å². The van der Waals surface area contributed by atoms with Crippen LogP contribution in [0.1, 0.15) is 49.9 Å². The lowest BCUT2D eigenvalue weighted by molar-refractivity contribution is -0.00257. The SMILES string of the molecule is CC(C)(O)C1CCC(NC(=O)c2ccc(-c3nccc4[nH]ncc34)c(F)c2)CC1. The van der Waals surface area contributed by atoms with Crippen LogP contribution < -0.4 is 5.32 Å². The summed E-state index contributed by atoms with van der Waals surface area (Å²) in [6, 6.07) is 6.29. The van der Waals surface area contributed by atoms with E-state index in [1.54, 1.807) is 30.6 Å². The van der Waals surface area contributed by atoms with Crippen molar-refractivity contribution < 1.29 is 14.3 Å². The molecule has 7 heteroatoms. The van der Waals surface area contributed by atoms with Crippen LogP contribution in [0.5, 0.6) is 0 Å². The number of aromatic amines is 1. The Hall–Kier alpha value is -2.80. The molecule has 1 amide bonds. The molecule has 1 aliphatic rings. The zero-order valence-electron chi connectivity index (χ0n) is 16.6. The van der Waals surface area contributed by atoms with E-state index in [0.717, 1.165) is 36.6 Å². The number of hydrogen-bond donors (Lipinski definition) is 3. The van der Waals surface area contributed by atoms with Gasteiger partial charge in [-0.05, 0) is 69.7 Å². The summed E-state index contributed by atoms with van der Waals surface area (Å²) in [5, 5.41) is 20.7. The molecule has 0 saturated heterocycles. The van der Waals surface area contributed by atoms with Gasteiger partial charge in [0.2, 0.25) is 0 Å². The first-order valence-electron chi connectivity index (χ1n) is 9.94. The molecule has 0 unspecified atom stereocenters. The second kappa shape index (κ2) is 7.55. The summed E-state index contributed by atoms with van der Waals surface area (Å²) < 4.78 is 14.8. The molecule has 152 valence electrons. The molecule has 1 aliphatic carbocycles. The van der Waals surface area contributed by atoms with Crippen LogP contribution in [-0.2, 0) is 0 Å². The van der Waals surface area contributed by atoms with Crippen molar-refractivity contribution in [2.75, 3.05) is 0 Å².